The van der Waals surface area contributed by atoms with E-state index in [-0.39, 0.29) is 24.0 Å². The summed E-state index contributed by atoms with van der Waals surface area (Å²) in [6.45, 7) is 5.41. The number of anilines is 1. The van der Waals surface area contributed by atoms with Crippen LogP contribution in [0.1, 0.15) is 18.2 Å². The van der Waals surface area contributed by atoms with Gasteiger partial charge in [-0.1, -0.05) is 30.3 Å². The fourth-order valence-electron chi connectivity index (χ4n) is 2.81. The van der Waals surface area contributed by atoms with Gasteiger partial charge in [-0.2, -0.15) is 0 Å². The Labute approximate surface area is 200 Å². The Hall–Kier alpha value is -2.59. The SMILES string of the molecule is CCNC(=NCc1ccc(NCCOC)cc1)NCc1coc(-c2ccccc2)n1.I. The van der Waals surface area contributed by atoms with Crippen molar-refractivity contribution in [2.45, 2.75) is 20.0 Å². The number of methoxy groups -OCH3 is 1. The zero-order chi connectivity index (χ0) is 21.0. The first kappa shape index (κ1) is 24.7. The quantitative estimate of drug-likeness (QED) is 0.156. The van der Waals surface area contributed by atoms with Gasteiger partial charge in [0.15, 0.2) is 5.96 Å². The van der Waals surface area contributed by atoms with Crippen LogP contribution in [0.2, 0.25) is 0 Å². The molecule has 3 N–H and O–H groups in total. The topological polar surface area (TPSA) is 83.7 Å². The molecule has 166 valence electrons. The molecule has 1 heterocycles. The first-order valence-electron chi connectivity index (χ1n) is 10.1. The Bertz CT molecular complexity index is 913. The molecular weight excluding hydrogens is 505 g/mol. The summed E-state index contributed by atoms with van der Waals surface area (Å²) in [4.78, 5) is 9.21. The number of ether oxygens (including phenoxy) is 1. The average Bonchev–Trinajstić information content (AvgIpc) is 3.26. The third-order valence-electron chi connectivity index (χ3n) is 4.36. The smallest absolute Gasteiger partial charge is 0.226 e. The number of hydrogen-bond donors (Lipinski definition) is 3. The molecule has 0 saturated heterocycles. The summed E-state index contributed by atoms with van der Waals surface area (Å²) in [6.07, 6.45) is 1.67. The number of nitrogens with one attached hydrogen (secondary N) is 3. The Morgan fingerprint density at radius 1 is 1.06 bits per heavy atom. The van der Waals surface area contributed by atoms with Crippen LogP contribution in [0, 0.1) is 0 Å². The molecule has 7 nitrogen and oxygen atoms in total. The van der Waals surface area contributed by atoms with Crippen molar-refractivity contribution < 1.29 is 9.15 Å². The van der Waals surface area contributed by atoms with Crippen molar-refractivity contribution in [3.8, 4) is 11.5 Å². The number of nitrogens with zero attached hydrogens (tertiary/aromatic N) is 2. The summed E-state index contributed by atoms with van der Waals surface area (Å²) in [5.74, 6) is 1.36. The number of aromatic nitrogens is 1. The standard InChI is InChI=1S/C23H29N5O2.HI/c1-3-24-23(26-15-18-9-11-20(12-10-18)25-13-14-29-2)27-16-21-17-30-22(28-21)19-7-5-4-6-8-19;/h4-12,17,25H,3,13-16H2,1-2H3,(H2,24,26,27);1H. The predicted molar refractivity (Wildman–Crippen MR) is 136 cm³/mol. The summed E-state index contributed by atoms with van der Waals surface area (Å²) in [5.41, 5.74) is 4.00. The van der Waals surface area contributed by atoms with Crippen LogP contribution < -0.4 is 16.0 Å². The molecule has 0 bridgehead atoms. The molecule has 0 aliphatic carbocycles. The van der Waals surface area contributed by atoms with Crippen molar-refractivity contribution >= 4 is 35.6 Å². The lowest BCUT2D eigenvalue weighted by Gasteiger charge is -2.10. The molecule has 2 aromatic carbocycles. The van der Waals surface area contributed by atoms with Crippen LogP contribution in [0.25, 0.3) is 11.5 Å². The molecule has 31 heavy (non-hydrogen) atoms. The van der Waals surface area contributed by atoms with Crippen LogP contribution in [-0.4, -0.2) is 37.7 Å². The Morgan fingerprint density at radius 2 is 1.84 bits per heavy atom. The molecule has 0 radical (unpaired) electrons. The van der Waals surface area contributed by atoms with Gasteiger partial charge in [-0.25, -0.2) is 9.98 Å². The zero-order valence-corrected chi connectivity index (χ0v) is 20.3. The second-order valence-electron chi connectivity index (χ2n) is 6.68. The first-order valence-corrected chi connectivity index (χ1v) is 10.1. The molecule has 8 heteroatoms. The van der Waals surface area contributed by atoms with Gasteiger partial charge >= 0.3 is 0 Å². The van der Waals surface area contributed by atoms with Crippen LogP contribution in [0.4, 0.5) is 5.69 Å². The van der Waals surface area contributed by atoms with Crippen molar-refractivity contribution in [1.82, 2.24) is 15.6 Å². The third-order valence-corrected chi connectivity index (χ3v) is 4.36. The van der Waals surface area contributed by atoms with E-state index < -0.39 is 0 Å². The van der Waals surface area contributed by atoms with Gasteiger partial charge in [-0.05, 0) is 36.8 Å². The highest BCUT2D eigenvalue weighted by atomic mass is 127. The minimum Gasteiger partial charge on any atom is -0.444 e. The molecule has 0 atom stereocenters. The van der Waals surface area contributed by atoms with E-state index in [4.69, 9.17) is 9.15 Å². The van der Waals surface area contributed by atoms with Gasteiger partial charge in [0.05, 0.1) is 25.4 Å². The van der Waals surface area contributed by atoms with Gasteiger partial charge in [0.1, 0.15) is 6.26 Å². The Balaban J connectivity index is 0.00000341. The summed E-state index contributed by atoms with van der Waals surface area (Å²) < 4.78 is 10.6. The maximum absolute atomic E-state index is 5.59. The summed E-state index contributed by atoms with van der Waals surface area (Å²) in [7, 11) is 1.70. The van der Waals surface area contributed by atoms with Crippen molar-refractivity contribution in [2.75, 3.05) is 32.1 Å². The van der Waals surface area contributed by atoms with E-state index in [1.165, 1.54) is 0 Å². The Kier molecular flexibility index (Phi) is 10.9. The number of halogens is 1. The molecule has 3 aromatic rings. The van der Waals surface area contributed by atoms with Crippen molar-refractivity contribution in [3.05, 3.63) is 72.1 Å². The number of rotatable bonds is 10. The number of guanidine groups is 1. The molecular formula is C23H30IN5O2. The normalized spacial score (nSPS) is 11.0. The van der Waals surface area contributed by atoms with Gasteiger partial charge in [-0.3, -0.25) is 0 Å². The van der Waals surface area contributed by atoms with Crippen molar-refractivity contribution in [3.63, 3.8) is 0 Å². The molecule has 0 fully saturated rings. The maximum Gasteiger partial charge on any atom is 0.226 e. The van der Waals surface area contributed by atoms with Gasteiger partial charge < -0.3 is 25.1 Å². The average molecular weight is 535 g/mol. The lowest BCUT2D eigenvalue weighted by Crippen LogP contribution is -2.36. The van der Waals surface area contributed by atoms with Crippen molar-refractivity contribution in [1.29, 1.82) is 0 Å². The van der Waals surface area contributed by atoms with E-state index in [1.54, 1.807) is 13.4 Å². The van der Waals surface area contributed by atoms with E-state index >= 15 is 0 Å². The molecule has 1 aromatic heterocycles. The number of benzene rings is 2. The van der Waals surface area contributed by atoms with Crippen LogP contribution >= 0.6 is 24.0 Å². The first-order chi connectivity index (χ1) is 14.8. The van der Waals surface area contributed by atoms with Crippen LogP contribution in [0.5, 0.6) is 0 Å². The Morgan fingerprint density at radius 3 is 2.55 bits per heavy atom. The monoisotopic (exact) mass is 535 g/mol. The van der Waals surface area contributed by atoms with E-state index in [2.05, 4.69) is 50.2 Å². The second kappa shape index (κ2) is 13.7. The molecule has 0 saturated carbocycles. The molecule has 0 spiro atoms. The fourth-order valence-corrected chi connectivity index (χ4v) is 2.81. The minimum absolute atomic E-state index is 0. The molecule has 0 amide bonds. The number of aliphatic imine (C=N–C) groups is 1. The maximum atomic E-state index is 5.59. The highest BCUT2D eigenvalue weighted by molar-refractivity contribution is 14.0. The summed E-state index contributed by atoms with van der Waals surface area (Å²) in [6, 6.07) is 18.1. The number of oxazole rings is 1. The lowest BCUT2D eigenvalue weighted by atomic mass is 10.2. The van der Waals surface area contributed by atoms with E-state index in [9.17, 15) is 0 Å². The minimum atomic E-state index is 0. The highest BCUT2D eigenvalue weighted by Gasteiger charge is 2.07. The fraction of sp³-hybridized carbons (Fsp3) is 0.304. The van der Waals surface area contributed by atoms with Gasteiger partial charge in [0.25, 0.3) is 0 Å². The van der Waals surface area contributed by atoms with E-state index in [0.717, 1.165) is 41.6 Å². The third kappa shape index (κ3) is 8.22. The predicted octanol–water partition coefficient (Wildman–Crippen LogP) is 4.27. The van der Waals surface area contributed by atoms with Crippen molar-refractivity contribution in [2.24, 2.45) is 4.99 Å². The van der Waals surface area contributed by atoms with E-state index in [1.807, 2.05) is 37.3 Å². The highest BCUT2D eigenvalue weighted by Crippen LogP contribution is 2.17. The van der Waals surface area contributed by atoms with Crippen LogP contribution in [0.15, 0.2) is 70.3 Å². The molecule has 0 aliphatic rings. The lowest BCUT2D eigenvalue weighted by molar-refractivity contribution is 0.211. The largest absolute Gasteiger partial charge is 0.444 e. The molecule has 3 rings (SSSR count). The molecule has 0 unspecified atom stereocenters. The summed E-state index contributed by atoms with van der Waals surface area (Å²) in [5, 5.41) is 9.88. The molecule has 0 aliphatic heterocycles. The van der Waals surface area contributed by atoms with Crippen LogP contribution in [-0.2, 0) is 17.8 Å². The zero-order valence-electron chi connectivity index (χ0n) is 17.9. The van der Waals surface area contributed by atoms with Gasteiger partial charge in [0.2, 0.25) is 5.89 Å². The van der Waals surface area contributed by atoms with Gasteiger partial charge in [0, 0.05) is 31.5 Å². The van der Waals surface area contributed by atoms with Gasteiger partial charge in [-0.15, -0.1) is 24.0 Å². The summed E-state index contributed by atoms with van der Waals surface area (Å²) >= 11 is 0. The van der Waals surface area contributed by atoms with Crippen LogP contribution in [0.3, 0.4) is 0 Å². The van der Waals surface area contributed by atoms with E-state index in [0.29, 0.717) is 25.6 Å². The second-order valence-corrected chi connectivity index (χ2v) is 6.68. The number of hydrogen-bond acceptors (Lipinski definition) is 5.